The molecule has 0 aliphatic rings. The molecule has 0 spiro atoms. The van der Waals surface area contributed by atoms with E-state index in [1.807, 2.05) is 24.3 Å². The second-order valence-electron chi connectivity index (χ2n) is 6.71. The van der Waals surface area contributed by atoms with Gasteiger partial charge in [0, 0.05) is 16.0 Å². The molecule has 2 heterocycles. The Hall–Kier alpha value is -3.75. The summed E-state index contributed by atoms with van der Waals surface area (Å²) in [5.41, 5.74) is 6.88. The van der Waals surface area contributed by atoms with Crippen molar-refractivity contribution in [3.05, 3.63) is 87.6 Å². The van der Waals surface area contributed by atoms with Gasteiger partial charge in [0.2, 0.25) is 0 Å². The van der Waals surface area contributed by atoms with Gasteiger partial charge < -0.3 is 5.32 Å². The van der Waals surface area contributed by atoms with Crippen LogP contribution in [0.4, 0.5) is 0 Å². The van der Waals surface area contributed by atoms with Crippen molar-refractivity contribution >= 4 is 51.6 Å². The van der Waals surface area contributed by atoms with Crippen molar-refractivity contribution in [1.82, 2.24) is 21.2 Å². The van der Waals surface area contributed by atoms with E-state index in [-0.39, 0.29) is 12.5 Å². The maximum absolute atomic E-state index is 12.9. The monoisotopic (exact) mass is 464 g/mol. The number of pyridine rings is 1. The fourth-order valence-corrected chi connectivity index (χ4v) is 3.94. The zero-order valence-corrected chi connectivity index (χ0v) is 18.2. The number of fused-ring (bicyclic) bond motifs is 1. The van der Waals surface area contributed by atoms with Crippen LogP contribution in [0.25, 0.3) is 22.2 Å². The lowest BCUT2D eigenvalue weighted by Crippen LogP contribution is -2.46. The SMILES string of the molecule is O=C(CNC(=O)c1cccs1)NNC(=O)c1cc(-c2ccccc2Cl)nc2ccccc12. The van der Waals surface area contributed by atoms with Gasteiger partial charge >= 0.3 is 0 Å². The topological polar surface area (TPSA) is 100 Å². The third-order valence-corrected chi connectivity index (χ3v) is 5.78. The van der Waals surface area contributed by atoms with E-state index < -0.39 is 11.8 Å². The Morgan fingerprint density at radius 1 is 0.906 bits per heavy atom. The summed E-state index contributed by atoms with van der Waals surface area (Å²) in [4.78, 5) is 42.0. The molecule has 0 aliphatic carbocycles. The van der Waals surface area contributed by atoms with Crippen LogP contribution in [-0.2, 0) is 4.79 Å². The van der Waals surface area contributed by atoms with Gasteiger partial charge in [-0.15, -0.1) is 11.3 Å². The summed E-state index contributed by atoms with van der Waals surface area (Å²) in [7, 11) is 0. The van der Waals surface area contributed by atoms with Gasteiger partial charge in [-0.1, -0.05) is 54.1 Å². The van der Waals surface area contributed by atoms with E-state index in [1.54, 1.807) is 47.8 Å². The van der Waals surface area contributed by atoms with E-state index in [9.17, 15) is 14.4 Å². The van der Waals surface area contributed by atoms with Crippen LogP contribution in [0.15, 0.2) is 72.1 Å². The Morgan fingerprint density at radius 3 is 2.47 bits per heavy atom. The van der Waals surface area contributed by atoms with Crippen LogP contribution in [-0.4, -0.2) is 29.3 Å². The third-order valence-electron chi connectivity index (χ3n) is 4.58. The van der Waals surface area contributed by atoms with Gasteiger partial charge in [0.1, 0.15) is 0 Å². The zero-order valence-electron chi connectivity index (χ0n) is 16.6. The van der Waals surface area contributed by atoms with Crippen molar-refractivity contribution in [1.29, 1.82) is 0 Å². The minimum absolute atomic E-state index is 0.279. The largest absolute Gasteiger partial charge is 0.342 e. The molecule has 32 heavy (non-hydrogen) atoms. The predicted octanol–water partition coefficient (Wildman–Crippen LogP) is 3.81. The molecule has 0 atom stereocenters. The number of hydrogen-bond donors (Lipinski definition) is 3. The Labute approximate surface area is 192 Å². The minimum atomic E-state index is -0.562. The highest BCUT2D eigenvalue weighted by atomic mass is 35.5. The van der Waals surface area contributed by atoms with Gasteiger partial charge in [-0.3, -0.25) is 25.2 Å². The lowest BCUT2D eigenvalue weighted by molar-refractivity contribution is -0.120. The summed E-state index contributed by atoms with van der Waals surface area (Å²) in [6.45, 7) is -0.279. The number of rotatable bonds is 5. The Morgan fingerprint density at radius 2 is 1.69 bits per heavy atom. The normalized spacial score (nSPS) is 10.5. The highest BCUT2D eigenvalue weighted by molar-refractivity contribution is 7.12. The van der Waals surface area contributed by atoms with Crippen molar-refractivity contribution in [3.8, 4) is 11.3 Å². The van der Waals surface area contributed by atoms with Crippen molar-refractivity contribution in [2.75, 3.05) is 6.54 Å². The van der Waals surface area contributed by atoms with Gasteiger partial charge in [-0.2, -0.15) is 0 Å². The average Bonchev–Trinajstić information content (AvgIpc) is 3.36. The molecule has 0 saturated heterocycles. The molecular formula is C23H17ClN4O3S. The van der Waals surface area contributed by atoms with Crippen LogP contribution >= 0.6 is 22.9 Å². The molecule has 2 aromatic heterocycles. The highest BCUT2D eigenvalue weighted by Gasteiger charge is 2.16. The van der Waals surface area contributed by atoms with Crippen LogP contribution < -0.4 is 16.2 Å². The maximum atomic E-state index is 12.9. The Kier molecular flexibility index (Phi) is 6.44. The second kappa shape index (κ2) is 9.59. The number of thiophene rings is 1. The first-order valence-electron chi connectivity index (χ1n) is 9.58. The number of amides is 3. The summed E-state index contributed by atoms with van der Waals surface area (Å²) >= 11 is 7.58. The molecule has 0 fully saturated rings. The van der Waals surface area contributed by atoms with Crippen molar-refractivity contribution < 1.29 is 14.4 Å². The molecule has 0 saturated carbocycles. The number of nitrogens with zero attached hydrogens (tertiary/aromatic N) is 1. The number of aromatic nitrogens is 1. The maximum Gasteiger partial charge on any atom is 0.270 e. The molecule has 0 unspecified atom stereocenters. The average molecular weight is 465 g/mol. The van der Waals surface area contributed by atoms with Crippen LogP contribution in [0, 0.1) is 0 Å². The van der Waals surface area contributed by atoms with E-state index in [0.717, 1.165) is 0 Å². The molecule has 4 rings (SSSR count). The van der Waals surface area contributed by atoms with Gasteiger partial charge in [0.05, 0.1) is 28.2 Å². The van der Waals surface area contributed by atoms with Gasteiger partial charge in [0.15, 0.2) is 0 Å². The highest BCUT2D eigenvalue weighted by Crippen LogP contribution is 2.29. The number of para-hydroxylation sites is 1. The minimum Gasteiger partial charge on any atom is -0.342 e. The zero-order chi connectivity index (χ0) is 22.5. The summed E-state index contributed by atoms with van der Waals surface area (Å²) < 4.78 is 0. The summed E-state index contributed by atoms with van der Waals surface area (Å²) in [5.74, 6) is -1.44. The fourth-order valence-electron chi connectivity index (χ4n) is 3.06. The molecule has 3 N–H and O–H groups in total. The molecule has 9 heteroatoms. The number of carbonyl (C=O) groups is 3. The van der Waals surface area contributed by atoms with E-state index >= 15 is 0 Å². The number of hydrogen-bond acceptors (Lipinski definition) is 5. The molecule has 0 radical (unpaired) electrons. The lowest BCUT2D eigenvalue weighted by Gasteiger charge is -2.12. The van der Waals surface area contributed by atoms with Crippen LogP contribution in [0.5, 0.6) is 0 Å². The third kappa shape index (κ3) is 4.77. The number of benzene rings is 2. The second-order valence-corrected chi connectivity index (χ2v) is 8.07. The molecule has 7 nitrogen and oxygen atoms in total. The first-order chi connectivity index (χ1) is 15.5. The molecule has 0 aliphatic heterocycles. The van der Waals surface area contributed by atoms with E-state index in [2.05, 4.69) is 21.2 Å². The van der Waals surface area contributed by atoms with E-state index in [4.69, 9.17) is 11.6 Å². The molecular weight excluding hydrogens is 448 g/mol. The van der Waals surface area contributed by atoms with Gasteiger partial charge in [0.25, 0.3) is 17.7 Å². The fraction of sp³-hybridized carbons (Fsp3) is 0.0435. The van der Waals surface area contributed by atoms with Gasteiger partial charge in [-0.05, 0) is 29.6 Å². The quantitative estimate of drug-likeness (QED) is 0.391. The van der Waals surface area contributed by atoms with Crippen molar-refractivity contribution in [2.24, 2.45) is 0 Å². The Balaban J connectivity index is 1.50. The number of hydrazine groups is 1. The standard InChI is InChI=1S/C23H17ClN4O3S/c24-17-8-3-1-7-15(17)19-12-16(14-6-2-4-9-18(14)26-19)22(30)28-27-21(29)13-25-23(31)20-10-5-11-32-20/h1-12H,13H2,(H,25,31)(H,27,29)(H,28,30). The van der Waals surface area contributed by atoms with Crippen molar-refractivity contribution in [2.45, 2.75) is 0 Å². The number of nitrogens with one attached hydrogen (secondary N) is 3. The molecule has 4 aromatic rings. The summed E-state index contributed by atoms with van der Waals surface area (Å²) in [6, 6.07) is 19.4. The predicted molar refractivity (Wildman–Crippen MR) is 124 cm³/mol. The first-order valence-corrected chi connectivity index (χ1v) is 10.8. The van der Waals surface area contributed by atoms with Crippen LogP contribution in [0.2, 0.25) is 5.02 Å². The van der Waals surface area contributed by atoms with Crippen molar-refractivity contribution in [3.63, 3.8) is 0 Å². The molecule has 3 amide bonds. The molecule has 160 valence electrons. The Bertz CT molecular complexity index is 1310. The number of halogens is 1. The summed E-state index contributed by atoms with van der Waals surface area (Å²) in [6.07, 6.45) is 0. The van der Waals surface area contributed by atoms with E-state index in [0.29, 0.717) is 37.6 Å². The first kappa shape index (κ1) is 21.5. The van der Waals surface area contributed by atoms with E-state index in [1.165, 1.54) is 11.3 Å². The molecule has 0 bridgehead atoms. The summed E-state index contributed by atoms with van der Waals surface area (Å²) in [5, 5.41) is 5.40. The van der Waals surface area contributed by atoms with Crippen LogP contribution in [0.1, 0.15) is 20.0 Å². The lowest BCUT2D eigenvalue weighted by atomic mass is 10.0. The smallest absolute Gasteiger partial charge is 0.270 e. The van der Waals surface area contributed by atoms with Crippen LogP contribution in [0.3, 0.4) is 0 Å². The van der Waals surface area contributed by atoms with Gasteiger partial charge in [-0.25, -0.2) is 4.98 Å². The number of carbonyl (C=O) groups excluding carboxylic acids is 3. The molecule has 2 aromatic carbocycles.